The zero-order valence-electron chi connectivity index (χ0n) is 7.17. The van der Waals surface area contributed by atoms with Crippen LogP contribution in [-0.4, -0.2) is 6.01 Å². The molecule has 0 spiro atoms. The third-order valence-electron chi connectivity index (χ3n) is 0.167. The fraction of sp³-hybridized carbons (Fsp3) is 0. The maximum absolute atomic E-state index is 9.38. The van der Waals surface area contributed by atoms with E-state index in [1.165, 1.54) is 6.01 Å². The van der Waals surface area contributed by atoms with Gasteiger partial charge in [0.1, 0.15) is 0 Å². The van der Waals surface area contributed by atoms with Gasteiger partial charge in [-0.05, 0) is 0 Å². The zero-order chi connectivity index (χ0) is 10.4. The normalized spacial score (nSPS) is 9.29. The van der Waals surface area contributed by atoms with Crippen LogP contribution in [0.1, 0.15) is 0 Å². The SMILES string of the molecule is N=C=N.[Na+].[Na+].[O]=[Cr](=[O])([O-])[O][Cr](=[O])(=[O])[O-]. The van der Waals surface area contributed by atoms with Crippen LogP contribution in [0.4, 0.5) is 0 Å². The van der Waals surface area contributed by atoms with Gasteiger partial charge in [0.2, 0.25) is 0 Å². The van der Waals surface area contributed by atoms with Crippen LogP contribution in [0.25, 0.3) is 0 Å². The summed E-state index contributed by atoms with van der Waals surface area (Å²) < 4.78 is 58.9. The molecule has 0 saturated carbocycles. The van der Waals surface area contributed by atoms with Gasteiger partial charge in [-0.2, -0.15) is 0 Å². The van der Waals surface area contributed by atoms with Crippen LogP contribution in [0.2, 0.25) is 0 Å². The van der Waals surface area contributed by atoms with E-state index in [-0.39, 0.29) is 59.1 Å². The van der Waals surface area contributed by atoms with Crippen molar-refractivity contribution in [3.63, 3.8) is 0 Å². The second kappa shape index (κ2) is 11.0. The summed E-state index contributed by atoms with van der Waals surface area (Å²) in [6, 6.07) is 1.25. The predicted molar refractivity (Wildman–Crippen MR) is 14.3 cm³/mol. The maximum atomic E-state index is 9.38. The third-order valence-corrected chi connectivity index (χ3v) is 2.83. The summed E-state index contributed by atoms with van der Waals surface area (Å²) in [6.07, 6.45) is 0. The average Bonchev–Trinajstić information content (AvgIpc) is 1.53. The Morgan fingerprint density at radius 1 is 0.929 bits per heavy atom. The van der Waals surface area contributed by atoms with Crippen LogP contribution < -0.4 is 67.4 Å². The molecule has 2 N–H and O–H groups in total. The quantitative estimate of drug-likeness (QED) is 0.376. The summed E-state index contributed by atoms with van der Waals surface area (Å²) in [5, 5.41) is 11.2. The second-order valence-electron chi connectivity index (χ2n) is 1.01. The van der Waals surface area contributed by atoms with Crippen LogP contribution >= 0.6 is 0 Å². The minimum absolute atomic E-state index is 0. The third kappa shape index (κ3) is 37.5. The Kier molecular flexibility index (Phi) is 19.4. The second-order valence-corrected chi connectivity index (χ2v) is 4.65. The molecule has 0 atom stereocenters. The minimum atomic E-state index is -6.07. The van der Waals surface area contributed by atoms with Crippen LogP contribution in [0.15, 0.2) is 0 Å². The standard InChI is InChI=1S/CH2N2.2Cr.2Na.7O/c2-1-3;;;;;;;;;;;/h2-3H;;;;;;;;;;;/q;;;2*+1;;;;;;2*-1. The molecular weight excluding hydrogens is 302 g/mol. The van der Waals surface area contributed by atoms with Gasteiger partial charge in [-0.15, -0.1) is 0 Å². The van der Waals surface area contributed by atoms with Gasteiger partial charge < -0.3 is 0 Å². The van der Waals surface area contributed by atoms with Gasteiger partial charge in [-0.25, -0.2) is 10.8 Å². The van der Waals surface area contributed by atoms with E-state index in [1.54, 1.807) is 0 Å². The van der Waals surface area contributed by atoms with Crippen molar-refractivity contribution >= 4 is 6.01 Å². The van der Waals surface area contributed by atoms with Crippen molar-refractivity contribution in [1.29, 1.82) is 10.8 Å². The van der Waals surface area contributed by atoms with Crippen molar-refractivity contribution < 1.29 is 113 Å². The van der Waals surface area contributed by atoms with E-state index in [0.717, 1.165) is 0 Å². The van der Waals surface area contributed by atoms with E-state index in [4.69, 9.17) is 10.8 Å². The average molecular weight is 304 g/mol. The van der Waals surface area contributed by atoms with Crippen LogP contribution in [0.5, 0.6) is 0 Å². The van der Waals surface area contributed by atoms with Crippen LogP contribution in [0, 0.1) is 10.8 Å². The first-order chi connectivity index (χ1) is 5.12. The molecule has 0 heterocycles. The van der Waals surface area contributed by atoms with Crippen molar-refractivity contribution in [2.75, 3.05) is 0 Å². The number of hydrogen-bond donors (Lipinski definition) is 2. The van der Waals surface area contributed by atoms with Gasteiger partial charge in [0.05, 0.1) is 6.01 Å². The molecule has 0 rings (SSSR count). The molecule has 0 aromatic carbocycles. The van der Waals surface area contributed by atoms with Gasteiger partial charge in [-0.1, -0.05) is 0 Å². The van der Waals surface area contributed by atoms with Crippen molar-refractivity contribution in [2.45, 2.75) is 0 Å². The summed E-state index contributed by atoms with van der Waals surface area (Å²) in [7, 11) is 0. The van der Waals surface area contributed by atoms with Crippen LogP contribution in [0.3, 0.4) is 0 Å². The van der Waals surface area contributed by atoms with Gasteiger partial charge >= 0.3 is 113 Å². The fourth-order valence-corrected chi connectivity index (χ4v) is 1.74. The van der Waals surface area contributed by atoms with Crippen molar-refractivity contribution in [2.24, 2.45) is 0 Å². The molecule has 0 radical (unpaired) electrons. The van der Waals surface area contributed by atoms with Gasteiger partial charge in [0.25, 0.3) is 0 Å². The molecule has 0 aromatic rings. The summed E-state index contributed by atoms with van der Waals surface area (Å²) in [4.78, 5) is 0. The van der Waals surface area contributed by atoms with Gasteiger partial charge in [0, 0.05) is 0 Å². The molecule has 0 amide bonds. The summed E-state index contributed by atoms with van der Waals surface area (Å²) >= 11 is -12.1. The van der Waals surface area contributed by atoms with Crippen molar-refractivity contribution in [3.8, 4) is 0 Å². The summed E-state index contributed by atoms with van der Waals surface area (Å²) in [5.41, 5.74) is 0. The Labute approximate surface area is 128 Å². The van der Waals surface area contributed by atoms with Crippen molar-refractivity contribution in [1.82, 2.24) is 0 Å². The van der Waals surface area contributed by atoms with E-state index in [9.17, 15) is 23.5 Å². The van der Waals surface area contributed by atoms with E-state index in [0.29, 0.717) is 0 Å². The Balaban J connectivity index is -0.0000000891. The van der Waals surface area contributed by atoms with Gasteiger partial charge in [-0.3, -0.25) is 0 Å². The molecule has 14 heavy (non-hydrogen) atoms. The molecule has 0 aliphatic rings. The van der Waals surface area contributed by atoms with E-state index in [2.05, 4.69) is 2.84 Å². The molecule has 13 heteroatoms. The number of hydrogen-bond acceptors (Lipinski definition) is 9. The molecule has 0 aromatic heterocycles. The number of rotatable bonds is 2. The van der Waals surface area contributed by atoms with E-state index in [1.807, 2.05) is 0 Å². The predicted octanol–water partition coefficient (Wildman–Crippen LogP) is -8.60. The fourth-order valence-electron chi connectivity index (χ4n) is 0.102. The molecular formula is CH2Cr2N2Na2O7. The Hall–Kier alpha value is 1.52. The van der Waals surface area contributed by atoms with E-state index >= 15 is 0 Å². The molecule has 0 fully saturated rings. The number of nitrogens with one attached hydrogen (secondary N) is 2. The first-order valence-electron chi connectivity index (χ1n) is 1.83. The van der Waals surface area contributed by atoms with Crippen molar-refractivity contribution in [3.05, 3.63) is 0 Å². The molecule has 0 bridgehead atoms. The summed E-state index contributed by atoms with van der Waals surface area (Å²) in [5.74, 6) is 0. The Morgan fingerprint density at radius 3 is 1.07 bits per heavy atom. The Bertz CT molecular complexity index is 321. The topological polar surface area (TPSA) is 171 Å². The molecule has 0 saturated heterocycles. The zero-order valence-corrected chi connectivity index (χ0v) is 13.7. The molecule has 0 unspecified atom stereocenters. The molecule has 9 nitrogen and oxygen atoms in total. The van der Waals surface area contributed by atoms with E-state index < -0.39 is 27.2 Å². The first-order valence-corrected chi connectivity index (χ1v) is 6.00. The van der Waals surface area contributed by atoms with Gasteiger partial charge in [0.15, 0.2) is 0 Å². The van der Waals surface area contributed by atoms with Crippen LogP contribution in [-0.2, 0) is 45.3 Å². The molecule has 0 aliphatic heterocycles. The summed E-state index contributed by atoms with van der Waals surface area (Å²) in [6.45, 7) is 0. The monoisotopic (exact) mass is 304 g/mol. The molecule has 72 valence electrons. The Morgan fingerprint density at radius 2 is 1.07 bits per heavy atom. The first kappa shape index (κ1) is 24.7. The molecule has 0 aliphatic carbocycles.